The first-order chi connectivity index (χ1) is 10.6. The van der Waals surface area contributed by atoms with Gasteiger partial charge in [0.1, 0.15) is 0 Å². The van der Waals surface area contributed by atoms with E-state index in [-0.39, 0.29) is 11.9 Å². The topological polar surface area (TPSA) is 73.1 Å². The second kappa shape index (κ2) is 5.75. The van der Waals surface area contributed by atoms with Crippen LogP contribution in [-0.4, -0.2) is 44.2 Å². The summed E-state index contributed by atoms with van der Waals surface area (Å²) in [6, 6.07) is 0.0502. The molecule has 1 amide bonds. The molecule has 1 atom stereocenters. The van der Waals surface area contributed by atoms with Crippen molar-refractivity contribution in [3.8, 4) is 5.88 Å². The van der Waals surface area contributed by atoms with E-state index in [0.717, 1.165) is 30.6 Å². The third-order valence-corrected chi connectivity index (χ3v) is 3.96. The van der Waals surface area contributed by atoms with Crippen LogP contribution in [0, 0.1) is 6.92 Å². The van der Waals surface area contributed by atoms with E-state index in [1.54, 1.807) is 4.68 Å². The van der Waals surface area contributed by atoms with Crippen molar-refractivity contribution >= 4 is 5.91 Å². The molecule has 1 unspecified atom stereocenters. The molecule has 0 bridgehead atoms. The van der Waals surface area contributed by atoms with Gasteiger partial charge in [-0.2, -0.15) is 5.10 Å². The summed E-state index contributed by atoms with van der Waals surface area (Å²) in [5.41, 5.74) is 2.38. The molecule has 0 aliphatic carbocycles. The van der Waals surface area contributed by atoms with Crippen molar-refractivity contribution in [3.05, 3.63) is 35.5 Å². The number of hydrogen-bond donors (Lipinski definition) is 0. The number of ether oxygens (including phenoxy) is 1. The Morgan fingerprint density at radius 1 is 1.41 bits per heavy atom. The van der Waals surface area contributed by atoms with Gasteiger partial charge in [0.05, 0.1) is 31.2 Å². The zero-order chi connectivity index (χ0) is 15.7. The number of aromatic nitrogens is 4. The van der Waals surface area contributed by atoms with Crippen molar-refractivity contribution in [1.82, 2.24) is 24.6 Å². The number of amides is 1. The number of aryl methyl sites for hydroxylation is 2. The Hall–Kier alpha value is -2.44. The van der Waals surface area contributed by atoms with Crippen molar-refractivity contribution < 1.29 is 9.53 Å². The summed E-state index contributed by atoms with van der Waals surface area (Å²) in [5, 5.41) is 4.38. The Labute approximate surface area is 128 Å². The molecule has 0 radical (unpaired) electrons. The van der Waals surface area contributed by atoms with Crippen LogP contribution in [0.4, 0.5) is 0 Å². The molecule has 3 rings (SSSR count). The summed E-state index contributed by atoms with van der Waals surface area (Å²) in [5.74, 6) is 0.233. The third kappa shape index (κ3) is 2.54. The minimum atomic E-state index is -0.114. The maximum absolute atomic E-state index is 12.8. The van der Waals surface area contributed by atoms with Crippen LogP contribution in [0.15, 0.2) is 18.6 Å². The van der Waals surface area contributed by atoms with Gasteiger partial charge in [0.2, 0.25) is 5.88 Å². The van der Waals surface area contributed by atoms with Crippen molar-refractivity contribution in [2.75, 3.05) is 13.7 Å². The first-order valence-electron chi connectivity index (χ1n) is 7.27. The Morgan fingerprint density at radius 2 is 2.23 bits per heavy atom. The minimum absolute atomic E-state index is 0.0502. The number of hydrogen-bond acceptors (Lipinski definition) is 5. The lowest BCUT2D eigenvalue weighted by molar-refractivity contribution is 0.0728. The predicted octanol–water partition coefficient (Wildman–Crippen LogP) is 1.50. The first kappa shape index (κ1) is 14.5. The van der Waals surface area contributed by atoms with E-state index in [2.05, 4.69) is 15.1 Å². The highest BCUT2D eigenvalue weighted by atomic mass is 16.5. The van der Waals surface area contributed by atoms with Crippen LogP contribution in [-0.2, 0) is 7.05 Å². The van der Waals surface area contributed by atoms with Crippen molar-refractivity contribution in [1.29, 1.82) is 0 Å². The molecule has 1 aliphatic heterocycles. The molecule has 1 saturated heterocycles. The van der Waals surface area contributed by atoms with E-state index in [1.807, 2.05) is 25.1 Å². The number of methoxy groups -OCH3 is 1. The highest BCUT2D eigenvalue weighted by Crippen LogP contribution is 2.34. The molecule has 0 spiro atoms. The lowest BCUT2D eigenvalue weighted by atomic mass is 10.1. The molecule has 7 nitrogen and oxygen atoms in total. The van der Waals surface area contributed by atoms with E-state index in [9.17, 15) is 4.79 Å². The summed E-state index contributed by atoms with van der Waals surface area (Å²) >= 11 is 0. The fraction of sp³-hybridized carbons (Fsp3) is 0.467. The van der Waals surface area contributed by atoms with Gasteiger partial charge < -0.3 is 9.64 Å². The maximum atomic E-state index is 12.8. The van der Waals surface area contributed by atoms with Crippen LogP contribution in [0.3, 0.4) is 0 Å². The second-order valence-electron chi connectivity index (χ2n) is 5.45. The molecule has 22 heavy (non-hydrogen) atoms. The van der Waals surface area contributed by atoms with Crippen LogP contribution in [0.25, 0.3) is 0 Å². The van der Waals surface area contributed by atoms with Gasteiger partial charge in [-0.05, 0) is 19.8 Å². The van der Waals surface area contributed by atoms with Gasteiger partial charge in [-0.25, -0.2) is 4.98 Å². The summed E-state index contributed by atoms with van der Waals surface area (Å²) in [6.45, 7) is 2.69. The molecular formula is C15H19N5O2. The monoisotopic (exact) mass is 301 g/mol. The largest absolute Gasteiger partial charge is 0.480 e. The van der Waals surface area contributed by atoms with Gasteiger partial charge in [-0.3, -0.25) is 14.5 Å². The molecule has 1 fully saturated rings. The van der Waals surface area contributed by atoms with E-state index >= 15 is 0 Å². The number of carbonyl (C=O) groups is 1. The van der Waals surface area contributed by atoms with Gasteiger partial charge in [-0.15, -0.1) is 0 Å². The highest BCUT2D eigenvalue weighted by molar-refractivity contribution is 5.92. The maximum Gasteiger partial charge on any atom is 0.274 e. The van der Waals surface area contributed by atoms with E-state index < -0.39 is 0 Å². The van der Waals surface area contributed by atoms with Crippen LogP contribution >= 0.6 is 0 Å². The van der Waals surface area contributed by atoms with Gasteiger partial charge in [0.15, 0.2) is 5.69 Å². The Kier molecular flexibility index (Phi) is 3.79. The normalized spacial score (nSPS) is 17.8. The SMILES string of the molecule is COc1cncc(C(=O)N2CCCC2c2cn(C)nc2C)n1. The average molecular weight is 301 g/mol. The molecule has 2 aromatic heterocycles. The van der Waals surface area contributed by atoms with E-state index in [1.165, 1.54) is 19.5 Å². The number of likely N-dealkylation sites (tertiary alicyclic amines) is 1. The molecule has 1 aliphatic rings. The zero-order valence-electron chi connectivity index (χ0n) is 13.0. The smallest absolute Gasteiger partial charge is 0.274 e. The number of nitrogens with zero attached hydrogens (tertiary/aromatic N) is 5. The molecule has 3 heterocycles. The fourth-order valence-electron chi connectivity index (χ4n) is 2.97. The van der Waals surface area contributed by atoms with Crippen molar-refractivity contribution in [3.63, 3.8) is 0 Å². The third-order valence-electron chi connectivity index (χ3n) is 3.96. The number of carbonyl (C=O) groups excluding carboxylic acids is 1. The van der Waals surface area contributed by atoms with Crippen LogP contribution in [0.5, 0.6) is 5.88 Å². The highest BCUT2D eigenvalue weighted by Gasteiger charge is 2.33. The lowest BCUT2D eigenvalue weighted by Gasteiger charge is -2.24. The van der Waals surface area contributed by atoms with Gasteiger partial charge in [-0.1, -0.05) is 0 Å². The Bertz CT molecular complexity index is 697. The average Bonchev–Trinajstić information content (AvgIpc) is 3.12. The summed E-state index contributed by atoms with van der Waals surface area (Å²) in [6.07, 6.45) is 6.88. The molecule has 116 valence electrons. The summed E-state index contributed by atoms with van der Waals surface area (Å²) in [4.78, 5) is 22.8. The molecule has 0 saturated carbocycles. The van der Waals surface area contributed by atoms with E-state index in [4.69, 9.17) is 4.74 Å². The standard InChI is InChI=1S/C15H19N5O2/c1-10-11(9-19(2)18-10)13-5-4-6-20(13)15(21)12-7-16-8-14(17-12)22-3/h7-9,13H,4-6H2,1-3H3. The van der Waals surface area contributed by atoms with Gasteiger partial charge >= 0.3 is 0 Å². The Morgan fingerprint density at radius 3 is 2.91 bits per heavy atom. The molecular weight excluding hydrogens is 282 g/mol. The Balaban J connectivity index is 1.89. The summed E-state index contributed by atoms with van der Waals surface area (Å²) in [7, 11) is 3.40. The fourth-order valence-corrected chi connectivity index (χ4v) is 2.97. The first-order valence-corrected chi connectivity index (χ1v) is 7.27. The van der Waals surface area contributed by atoms with Crippen LogP contribution < -0.4 is 4.74 Å². The molecule has 2 aromatic rings. The lowest BCUT2D eigenvalue weighted by Crippen LogP contribution is -2.31. The van der Waals surface area contributed by atoms with Crippen molar-refractivity contribution in [2.45, 2.75) is 25.8 Å². The molecule has 0 aromatic carbocycles. The van der Waals surface area contributed by atoms with Crippen LogP contribution in [0.1, 0.15) is 40.6 Å². The second-order valence-corrected chi connectivity index (χ2v) is 5.45. The zero-order valence-corrected chi connectivity index (χ0v) is 13.0. The molecule has 7 heteroatoms. The predicted molar refractivity (Wildman–Crippen MR) is 79.5 cm³/mol. The van der Waals surface area contributed by atoms with Crippen molar-refractivity contribution in [2.24, 2.45) is 7.05 Å². The van der Waals surface area contributed by atoms with Gasteiger partial charge in [0.25, 0.3) is 5.91 Å². The summed E-state index contributed by atoms with van der Waals surface area (Å²) < 4.78 is 6.83. The number of rotatable bonds is 3. The van der Waals surface area contributed by atoms with Gasteiger partial charge in [0, 0.05) is 25.4 Å². The van der Waals surface area contributed by atoms with E-state index in [0.29, 0.717) is 11.6 Å². The quantitative estimate of drug-likeness (QED) is 0.859. The minimum Gasteiger partial charge on any atom is -0.480 e. The molecule has 0 N–H and O–H groups in total. The van der Waals surface area contributed by atoms with Crippen LogP contribution in [0.2, 0.25) is 0 Å².